The van der Waals surface area contributed by atoms with Crippen LogP contribution >= 0.6 is 0 Å². The Hall–Kier alpha value is -2.49. The van der Waals surface area contributed by atoms with Gasteiger partial charge < -0.3 is 14.8 Å². The largest absolute Gasteiger partial charge is 0.485 e. The third-order valence-corrected chi connectivity index (χ3v) is 4.19. The minimum Gasteiger partial charge on any atom is -0.485 e. The van der Waals surface area contributed by atoms with Crippen LogP contribution in [-0.2, 0) is 4.79 Å². The fraction of sp³-hybridized carbons (Fsp3) is 0.316. The molecule has 2 atom stereocenters. The zero-order chi connectivity index (χ0) is 16.4. The maximum Gasteiger partial charge on any atom is 0.265 e. The summed E-state index contributed by atoms with van der Waals surface area (Å²) >= 11 is 0. The topological polar surface area (TPSA) is 47.6 Å². The molecule has 0 saturated heterocycles. The molecule has 4 heteroatoms. The molecule has 0 radical (unpaired) electrons. The fourth-order valence-electron chi connectivity index (χ4n) is 2.57. The van der Waals surface area contributed by atoms with Gasteiger partial charge in [0, 0.05) is 0 Å². The van der Waals surface area contributed by atoms with Gasteiger partial charge in [0.2, 0.25) is 6.10 Å². The van der Waals surface area contributed by atoms with E-state index in [-0.39, 0.29) is 18.6 Å². The first-order chi connectivity index (χ1) is 11.0. The number of aryl methyl sites for hydroxylation is 2. The van der Waals surface area contributed by atoms with Crippen molar-refractivity contribution in [1.82, 2.24) is 5.32 Å². The molecule has 3 rings (SSSR count). The van der Waals surface area contributed by atoms with Crippen LogP contribution in [0.15, 0.2) is 42.5 Å². The second-order valence-electron chi connectivity index (χ2n) is 5.94. The number of hydrogen-bond donors (Lipinski definition) is 1. The van der Waals surface area contributed by atoms with Crippen molar-refractivity contribution in [2.24, 2.45) is 0 Å². The number of nitrogens with one attached hydrogen (secondary N) is 1. The van der Waals surface area contributed by atoms with E-state index in [1.54, 1.807) is 0 Å². The van der Waals surface area contributed by atoms with E-state index in [9.17, 15) is 4.79 Å². The third-order valence-electron chi connectivity index (χ3n) is 4.19. The van der Waals surface area contributed by atoms with Crippen LogP contribution in [0, 0.1) is 13.8 Å². The summed E-state index contributed by atoms with van der Waals surface area (Å²) in [5, 5.41) is 3.00. The molecule has 2 aromatic rings. The van der Waals surface area contributed by atoms with E-state index in [1.807, 2.05) is 37.3 Å². The van der Waals surface area contributed by atoms with E-state index in [2.05, 4.69) is 31.3 Å². The minimum atomic E-state index is -0.626. The van der Waals surface area contributed by atoms with Crippen molar-refractivity contribution < 1.29 is 14.3 Å². The van der Waals surface area contributed by atoms with E-state index < -0.39 is 6.10 Å². The van der Waals surface area contributed by atoms with Crippen LogP contribution in [-0.4, -0.2) is 18.6 Å². The second-order valence-corrected chi connectivity index (χ2v) is 5.94. The SMILES string of the molecule is Cc1ccc([C@H](C)NC(=O)[C@@H]2COc3ccccc3O2)cc1C. The molecule has 0 unspecified atom stereocenters. The van der Waals surface area contributed by atoms with Crippen LogP contribution in [0.4, 0.5) is 0 Å². The highest BCUT2D eigenvalue weighted by Gasteiger charge is 2.28. The lowest BCUT2D eigenvalue weighted by molar-refractivity contribution is -0.131. The number of fused-ring (bicyclic) bond motifs is 1. The van der Waals surface area contributed by atoms with Crippen molar-refractivity contribution >= 4 is 5.91 Å². The predicted molar refractivity (Wildman–Crippen MR) is 88.8 cm³/mol. The predicted octanol–water partition coefficient (Wildman–Crippen LogP) is 3.32. The summed E-state index contributed by atoms with van der Waals surface area (Å²) in [4.78, 5) is 12.4. The summed E-state index contributed by atoms with van der Waals surface area (Å²) in [6, 6.07) is 13.5. The van der Waals surface area contributed by atoms with Gasteiger partial charge in [-0.15, -0.1) is 0 Å². The molecular formula is C19H21NO3. The van der Waals surface area contributed by atoms with Gasteiger partial charge >= 0.3 is 0 Å². The van der Waals surface area contributed by atoms with Crippen molar-refractivity contribution in [3.05, 3.63) is 59.2 Å². The van der Waals surface area contributed by atoms with Gasteiger partial charge in [0.05, 0.1) is 6.04 Å². The molecule has 1 heterocycles. The number of para-hydroxylation sites is 2. The van der Waals surface area contributed by atoms with Crippen molar-refractivity contribution in [3.63, 3.8) is 0 Å². The molecule has 1 aliphatic heterocycles. The highest BCUT2D eigenvalue weighted by molar-refractivity contribution is 5.82. The fourth-order valence-corrected chi connectivity index (χ4v) is 2.57. The maximum atomic E-state index is 12.4. The molecule has 23 heavy (non-hydrogen) atoms. The highest BCUT2D eigenvalue weighted by atomic mass is 16.6. The smallest absolute Gasteiger partial charge is 0.265 e. The van der Waals surface area contributed by atoms with Crippen LogP contribution in [0.2, 0.25) is 0 Å². The molecule has 120 valence electrons. The van der Waals surface area contributed by atoms with Gasteiger partial charge in [0.25, 0.3) is 5.91 Å². The lowest BCUT2D eigenvalue weighted by Gasteiger charge is -2.27. The van der Waals surface area contributed by atoms with Crippen LogP contribution < -0.4 is 14.8 Å². The first kappa shape index (κ1) is 15.4. The Kier molecular flexibility index (Phi) is 4.24. The first-order valence-electron chi connectivity index (χ1n) is 7.80. The van der Waals surface area contributed by atoms with Gasteiger partial charge in [-0.05, 0) is 49.6 Å². The van der Waals surface area contributed by atoms with Crippen LogP contribution in [0.1, 0.15) is 29.7 Å². The van der Waals surface area contributed by atoms with Crippen LogP contribution in [0.3, 0.4) is 0 Å². The molecule has 4 nitrogen and oxygen atoms in total. The molecule has 0 bridgehead atoms. The van der Waals surface area contributed by atoms with Gasteiger partial charge in [0.1, 0.15) is 6.61 Å². The second kappa shape index (κ2) is 6.32. The summed E-state index contributed by atoms with van der Waals surface area (Å²) in [6.45, 7) is 6.34. The lowest BCUT2D eigenvalue weighted by atomic mass is 10.0. The van der Waals surface area contributed by atoms with E-state index in [1.165, 1.54) is 11.1 Å². The van der Waals surface area contributed by atoms with Crippen molar-refractivity contribution in [2.45, 2.75) is 32.9 Å². The van der Waals surface area contributed by atoms with Crippen molar-refractivity contribution in [3.8, 4) is 11.5 Å². The first-order valence-corrected chi connectivity index (χ1v) is 7.80. The van der Waals surface area contributed by atoms with Gasteiger partial charge in [-0.3, -0.25) is 4.79 Å². The molecule has 1 amide bonds. The molecule has 0 saturated carbocycles. The number of rotatable bonds is 3. The molecule has 1 N–H and O–H groups in total. The number of amides is 1. The zero-order valence-corrected chi connectivity index (χ0v) is 13.6. The molecule has 1 aliphatic rings. The van der Waals surface area contributed by atoms with Crippen molar-refractivity contribution in [2.75, 3.05) is 6.61 Å². The Morgan fingerprint density at radius 1 is 1.13 bits per heavy atom. The van der Waals surface area contributed by atoms with E-state index in [0.29, 0.717) is 11.5 Å². The Morgan fingerprint density at radius 3 is 2.61 bits per heavy atom. The van der Waals surface area contributed by atoms with Crippen molar-refractivity contribution in [1.29, 1.82) is 0 Å². The number of benzene rings is 2. The molecular weight excluding hydrogens is 290 g/mol. The van der Waals surface area contributed by atoms with Crippen LogP contribution in [0.25, 0.3) is 0 Å². The number of carbonyl (C=O) groups excluding carboxylic acids is 1. The number of hydrogen-bond acceptors (Lipinski definition) is 3. The van der Waals surface area contributed by atoms with E-state index >= 15 is 0 Å². The molecule has 0 aliphatic carbocycles. The zero-order valence-electron chi connectivity index (χ0n) is 13.6. The Labute approximate surface area is 136 Å². The monoisotopic (exact) mass is 311 g/mol. The maximum absolute atomic E-state index is 12.4. The molecule has 0 aromatic heterocycles. The summed E-state index contributed by atoms with van der Waals surface area (Å²) in [7, 11) is 0. The molecule has 0 fully saturated rings. The average Bonchev–Trinajstić information content (AvgIpc) is 2.56. The standard InChI is InChI=1S/C19H21NO3/c1-12-8-9-15(10-13(12)2)14(3)20-19(21)18-11-22-16-6-4-5-7-17(16)23-18/h4-10,14,18H,11H2,1-3H3,(H,20,21)/t14-,18-/m0/s1. The van der Waals surface area contributed by atoms with E-state index in [4.69, 9.17) is 9.47 Å². The van der Waals surface area contributed by atoms with Gasteiger partial charge in [-0.1, -0.05) is 30.3 Å². The summed E-state index contributed by atoms with van der Waals surface area (Å²) in [6.07, 6.45) is -0.626. The quantitative estimate of drug-likeness (QED) is 0.946. The highest BCUT2D eigenvalue weighted by Crippen LogP contribution is 2.31. The number of carbonyl (C=O) groups is 1. The van der Waals surface area contributed by atoms with Gasteiger partial charge in [-0.2, -0.15) is 0 Å². The Morgan fingerprint density at radius 2 is 1.87 bits per heavy atom. The summed E-state index contributed by atoms with van der Waals surface area (Å²) < 4.78 is 11.3. The minimum absolute atomic E-state index is 0.0810. The average molecular weight is 311 g/mol. The molecule has 0 spiro atoms. The normalized spacial score (nSPS) is 17.4. The Balaban J connectivity index is 1.66. The van der Waals surface area contributed by atoms with Crippen LogP contribution in [0.5, 0.6) is 11.5 Å². The lowest BCUT2D eigenvalue weighted by Crippen LogP contribution is -2.44. The summed E-state index contributed by atoms with van der Waals surface area (Å²) in [5.41, 5.74) is 3.54. The molecule has 2 aromatic carbocycles. The summed E-state index contributed by atoms with van der Waals surface area (Å²) in [5.74, 6) is 1.13. The Bertz CT molecular complexity index is 726. The van der Waals surface area contributed by atoms with E-state index in [0.717, 1.165) is 5.56 Å². The third kappa shape index (κ3) is 3.31. The number of ether oxygens (including phenoxy) is 2. The van der Waals surface area contributed by atoms with Gasteiger partial charge in [-0.25, -0.2) is 0 Å². The van der Waals surface area contributed by atoms with Gasteiger partial charge in [0.15, 0.2) is 11.5 Å².